The average Bonchev–Trinajstić information content (AvgIpc) is 2.75. The molecule has 1 aromatic carbocycles. The number of aliphatic hydroxyl groups is 1. The van der Waals surface area contributed by atoms with Gasteiger partial charge in [0.25, 0.3) is 5.91 Å². The van der Waals surface area contributed by atoms with Crippen LogP contribution in [0.25, 0.3) is 0 Å². The summed E-state index contributed by atoms with van der Waals surface area (Å²) in [5.74, 6) is 0.237. The smallest absolute Gasteiger partial charge is 0.258 e. The Labute approximate surface area is 122 Å². The summed E-state index contributed by atoms with van der Waals surface area (Å²) in [7, 11) is 0. The highest BCUT2D eigenvalue weighted by molar-refractivity contribution is 6.30. The molecular formula is C14H18ClNO4. The summed E-state index contributed by atoms with van der Waals surface area (Å²) in [5.41, 5.74) is -0.994. The van der Waals surface area contributed by atoms with E-state index in [-0.39, 0.29) is 25.2 Å². The molecule has 2 unspecified atom stereocenters. The zero-order valence-electron chi connectivity index (χ0n) is 11.3. The minimum atomic E-state index is -0.994. The van der Waals surface area contributed by atoms with Gasteiger partial charge in [-0.15, -0.1) is 0 Å². The van der Waals surface area contributed by atoms with Gasteiger partial charge in [0.05, 0.1) is 6.10 Å². The van der Waals surface area contributed by atoms with Crippen LogP contribution < -0.4 is 10.1 Å². The van der Waals surface area contributed by atoms with Gasteiger partial charge >= 0.3 is 0 Å². The van der Waals surface area contributed by atoms with E-state index in [4.69, 9.17) is 21.1 Å². The molecule has 0 spiro atoms. The topological polar surface area (TPSA) is 67.8 Å². The van der Waals surface area contributed by atoms with Crippen molar-refractivity contribution >= 4 is 17.5 Å². The molecular weight excluding hydrogens is 282 g/mol. The van der Waals surface area contributed by atoms with Gasteiger partial charge in [0.2, 0.25) is 0 Å². The van der Waals surface area contributed by atoms with Gasteiger partial charge in [0.15, 0.2) is 6.61 Å². The summed E-state index contributed by atoms with van der Waals surface area (Å²) < 4.78 is 10.6. The molecule has 20 heavy (non-hydrogen) atoms. The van der Waals surface area contributed by atoms with Crippen molar-refractivity contribution in [2.45, 2.75) is 25.0 Å². The fourth-order valence-corrected chi connectivity index (χ4v) is 2.19. The summed E-state index contributed by atoms with van der Waals surface area (Å²) in [6.07, 6.45) is 0.237. The number of rotatable bonds is 5. The van der Waals surface area contributed by atoms with Crippen LogP contribution in [0.2, 0.25) is 5.02 Å². The van der Waals surface area contributed by atoms with Gasteiger partial charge in [-0.05, 0) is 25.1 Å². The Morgan fingerprint density at radius 1 is 1.65 bits per heavy atom. The number of hydrogen-bond acceptors (Lipinski definition) is 4. The SMILES string of the molecule is CC1OCCC1(O)CNC(=O)COc1cccc(Cl)c1. The summed E-state index contributed by atoms with van der Waals surface area (Å²) in [6, 6.07) is 6.83. The number of nitrogens with one attached hydrogen (secondary N) is 1. The molecule has 1 aliphatic heterocycles. The fourth-order valence-electron chi connectivity index (χ4n) is 2.01. The van der Waals surface area contributed by atoms with Crippen molar-refractivity contribution in [2.24, 2.45) is 0 Å². The van der Waals surface area contributed by atoms with Crippen LogP contribution in [0.5, 0.6) is 5.75 Å². The maximum absolute atomic E-state index is 11.7. The third kappa shape index (κ3) is 3.85. The first-order chi connectivity index (χ1) is 9.49. The van der Waals surface area contributed by atoms with Crippen LogP contribution in [0.1, 0.15) is 13.3 Å². The highest BCUT2D eigenvalue weighted by Gasteiger charge is 2.39. The molecule has 1 fully saturated rings. The van der Waals surface area contributed by atoms with E-state index in [1.165, 1.54) is 0 Å². The largest absolute Gasteiger partial charge is 0.484 e. The highest BCUT2D eigenvalue weighted by Crippen LogP contribution is 2.24. The molecule has 5 nitrogen and oxygen atoms in total. The maximum atomic E-state index is 11.7. The van der Waals surface area contributed by atoms with Gasteiger partial charge in [-0.3, -0.25) is 4.79 Å². The van der Waals surface area contributed by atoms with E-state index in [9.17, 15) is 9.90 Å². The Morgan fingerprint density at radius 2 is 2.45 bits per heavy atom. The van der Waals surface area contributed by atoms with Crippen LogP contribution in [-0.4, -0.2) is 42.5 Å². The second-order valence-corrected chi connectivity index (χ2v) is 5.33. The molecule has 2 N–H and O–H groups in total. The number of halogens is 1. The van der Waals surface area contributed by atoms with Gasteiger partial charge in [-0.1, -0.05) is 17.7 Å². The van der Waals surface area contributed by atoms with Crippen molar-refractivity contribution in [1.82, 2.24) is 5.32 Å². The second kappa shape index (κ2) is 6.43. The maximum Gasteiger partial charge on any atom is 0.258 e. The monoisotopic (exact) mass is 299 g/mol. The van der Waals surface area contributed by atoms with Crippen molar-refractivity contribution in [3.05, 3.63) is 29.3 Å². The molecule has 1 saturated heterocycles. The van der Waals surface area contributed by atoms with E-state index in [1.54, 1.807) is 31.2 Å². The Balaban J connectivity index is 1.76. The predicted molar refractivity (Wildman–Crippen MR) is 74.9 cm³/mol. The van der Waals surface area contributed by atoms with Crippen LogP contribution in [-0.2, 0) is 9.53 Å². The van der Waals surface area contributed by atoms with Crippen LogP contribution in [0.3, 0.4) is 0 Å². The van der Waals surface area contributed by atoms with Crippen LogP contribution in [0, 0.1) is 0 Å². The molecule has 0 radical (unpaired) electrons. The van der Waals surface area contributed by atoms with Gasteiger partial charge in [0, 0.05) is 24.6 Å². The number of amides is 1. The lowest BCUT2D eigenvalue weighted by Crippen LogP contribution is -2.48. The van der Waals surface area contributed by atoms with Crippen molar-refractivity contribution in [1.29, 1.82) is 0 Å². The Hall–Kier alpha value is -1.30. The van der Waals surface area contributed by atoms with Crippen LogP contribution in [0.4, 0.5) is 0 Å². The van der Waals surface area contributed by atoms with E-state index in [2.05, 4.69) is 5.32 Å². The third-order valence-corrected chi connectivity index (χ3v) is 3.65. The minimum Gasteiger partial charge on any atom is -0.484 e. The molecule has 6 heteroatoms. The molecule has 1 amide bonds. The summed E-state index contributed by atoms with van der Waals surface area (Å²) in [4.78, 5) is 11.7. The van der Waals surface area contributed by atoms with Gasteiger partial charge < -0.3 is 19.9 Å². The molecule has 0 saturated carbocycles. The Morgan fingerprint density at radius 3 is 3.10 bits per heavy atom. The molecule has 1 heterocycles. The standard InChI is InChI=1S/C14H18ClNO4/c1-10-14(18,5-6-19-10)9-16-13(17)8-20-12-4-2-3-11(15)7-12/h2-4,7,10,18H,5-6,8-9H2,1H3,(H,16,17). The second-order valence-electron chi connectivity index (χ2n) is 4.89. The van der Waals surface area contributed by atoms with Crippen molar-refractivity contribution in [2.75, 3.05) is 19.8 Å². The lowest BCUT2D eigenvalue weighted by atomic mass is 9.97. The van der Waals surface area contributed by atoms with E-state index < -0.39 is 5.60 Å². The first-order valence-corrected chi connectivity index (χ1v) is 6.86. The van der Waals surface area contributed by atoms with Crippen molar-refractivity contribution in [3.63, 3.8) is 0 Å². The summed E-state index contributed by atoms with van der Waals surface area (Å²) in [6.45, 7) is 2.34. The summed E-state index contributed by atoms with van der Waals surface area (Å²) in [5, 5.41) is 13.4. The molecule has 0 aromatic heterocycles. The number of carbonyl (C=O) groups is 1. The number of benzene rings is 1. The first kappa shape index (κ1) is 15.1. The molecule has 0 bridgehead atoms. The summed E-state index contributed by atoms with van der Waals surface area (Å²) >= 11 is 5.81. The Kier molecular flexibility index (Phi) is 4.86. The zero-order chi connectivity index (χ0) is 14.6. The van der Waals surface area contributed by atoms with Crippen molar-refractivity contribution < 1.29 is 19.4 Å². The molecule has 0 aliphatic carbocycles. The van der Waals surface area contributed by atoms with E-state index in [0.29, 0.717) is 23.8 Å². The van der Waals surface area contributed by atoms with Gasteiger partial charge in [-0.2, -0.15) is 0 Å². The normalized spacial score (nSPS) is 25.4. The average molecular weight is 300 g/mol. The lowest BCUT2D eigenvalue weighted by Gasteiger charge is -2.26. The first-order valence-electron chi connectivity index (χ1n) is 6.49. The Bertz CT molecular complexity index is 482. The highest BCUT2D eigenvalue weighted by atomic mass is 35.5. The van der Waals surface area contributed by atoms with Crippen molar-refractivity contribution in [3.8, 4) is 5.75 Å². The third-order valence-electron chi connectivity index (χ3n) is 3.42. The van der Waals surface area contributed by atoms with E-state index in [1.807, 2.05) is 0 Å². The predicted octanol–water partition coefficient (Wildman–Crippen LogP) is 1.37. The quantitative estimate of drug-likeness (QED) is 0.862. The fraction of sp³-hybridized carbons (Fsp3) is 0.500. The van der Waals surface area contributed by atoms with E-state index >= 15 is 0 Å². The number of carbonyl (C=O) groups excluding carboxylic acids is 1. The van der Waals surface area contributed by atoms with Crippen LogP contribution in [0.15, 0.2) is 24.3 Å². The van der Waals surface area contributed by atoms with Crippen LogP contribution >= 0.6 is 11.6 Å². The molecule has 2 atom stereocenters. The zero-order valence-corrected chi connectivity index (χ0v) is 12.0. The molecule has 1 aliphatic rings. The lowest BCUT2D eigenvalue weighted by molar-refractivity contribution is -0.124. The number of ether oxygens (including phenoxy) is 2. The van der Waals surface area contributed by atoms with Gasteiger partial charge in [0.1, 0.15) is 11.4 Å². The number of hydrogen-bond donors (Lipinski definition) is 2. The van der Waals surface area contributed by atoms with E-state index in [0.717, 1.165) is 0 Å². The molecule has 2 rings (SSSR count). The molecule has 110 valence electrons. The molecule has 1 aromatic rings. The van der Waals surface area contributed by atoms with Gasteiger partial charge in [-0.25, -0.2) is 0 Å². The minimum absolute atomic E-state index is 0.119.